The second-order valence-electron chi connectivity index (χ2n) is 15.4. The third kappa shape index (κ3) is 5.47. The van der Waals surface area contributed by atoms with Crippen LogP contribution in [0.3, 0.4) is 0 Å². The molecule has 4 fully saturated rings. The van der Waals surface area contributed by atoms with Gasteiger partial charge < -0.3 is 4.74 Å². The van der Waals surface area contributed by atoms with E-state index in [0.29, 0.717) is 16.9 Å². The molecule has 1 aromatic carbocycles. The van der Waals surface area contributed by atoms with E-state index in [0.717, 1.165) is 48.0 Å². The smallest absolute Gasteiger partial charge is 0.0720 e. The zero-order chi connectivity index (χ0) is 26.4. The highest BCUT2D eigenvalue weighted by Gasteiger charge is 2.60. The van der Waals surface area contributed by atoms with Crippen LogP contribution in [-0.2, 0) is 11.3 Å². The molecule has 1 nitrogen and oxygen atoms in total. The first-order chi connectivity index (χ1) is 17.6. The molecule has 0 saturated heterocycles. The molecule has 9 atom stereocenters. The van der Waals surface area contributed by atoms with Crippen LogP contribution in [0.25, 0.3) is 0 Å². The van der Waals surface area contributed by atoms with Gasteiger partial charge in [-0.2, -0.15) is 0 Å². The van der Waals surface area contributed by atoms with Gasteiger partial charge in [0.2, 0.25) is 0 Å². The molecule has 0 aliphatic heterocycles. The quantitative estimate of drug-likeness (QED) is 0.341. The lowest BCUT2D eigenvalue weighted by Gasteiger charge is -2.61. The van der Waals surface area contributed by atoms with E-state index in [2.05, 4.69) is 66.7 Å². The first kappa shape index (κ1) is 27.7. The van der Waals surface area contributed by atoms with Crippen molar-refractivity contribution >= 4 is 0 Å². The topological polar surface area (TPSA) is 9.23 Å². The molecule has 0 aromatic heterocycles. The Morgan fingerprint density at radius 3 is 2.24 bits per heavy atom. The van der Waals surface area contributed by atoms with Crippen LogP contribution in [0.2, 0.25) is 0 Å². The van der Waals surface area contributed by atoms with Crippen LogP contribution >= 0.6 is 0 Å². The molecule has 208 valence electrons. The SMILES string of the molecule is Cc1cc(C)cc(COC2CCC3(C)C(CCC4C3CCC3(C)C(C(C)CCCC(C)C)CCC43)C2)c1. The number of aryl methyl sites for hydroxylation is 2. The van der Waals surface area contributed by atoms with Gasteiger partial charge >= 0.3 is 0 Å². The van der Waals surface area contributed by atoms with Crippen molar-refractivity contribution in [1.29, 1.82) is 0 Å². The maximum Gasteiger partial charge on any atom is 0.0720 e. The van der Waals surface area contributed by atoms with Crippen LogP contribution in [0, 0.1) is 66.1 Å². The van der Waals surface area contributed by atoms with Gasteiger partial charge in [0.15, 0.2) is 0 Å². The summed E-state index contributed by atoms with van der Waals surface area (Å²) in [5.74, 6) is 6.61. The normalized spacial score (nSPS) is 40.2. The number of hydrogen-bond donors (Lipinski definition) is 0. The summed E-state index contributed by atoms with van der Waals surface area (Å²) in [7, 11) is 0. The van der Waals surface area contributed by atoms with Crippen LogP contribution in [-0.4, -0.2) is 6.10 Å². The van der Waals surface area contributed by atoms with Crippen molar-refractivity contribution in [3.05, 3.63) is 34.9 Å². The van der Waals surface area contributed by atoms with Gasteiger partial charge in [-0.25, -0.2) is 0 Å². The summed E-state index contributed by atoms with van der Waals surface area (Å²) in [6.45, 7) is 18.1. The molecule has 1 heteroatoms. The minimum atomic E-state index is 0.465. The van der Waals surface area contributed by atoms with E-state index < -0.39 is 0 Å². The molecule has 0 bridgehead atoms. The lowest BCUT2D eigenvalue weighted by Crippen LogP contribution is -2.54. The molecule has 4 saturated carbocycles. The molecule has 37 heavy (non-hydrogen) atoms. The molecule has 9 unspecified atom stereocenters. The van der Waals surface area contributed by atoms with E-state index in [1.807, 2.05) is 0 Å². The average Bonchev–Trinajstić information content (AvgIpc) is 3.19. The van der Waals surface area contributed by atoms with E-state index in [-0.39, 0.29) is 0 Å². The number of fused-ring (bicyclic) bond motifs is 5. The number of rotatable bonds is 8. The van der Waals surface area contributed by atoms with E-state index in [9.17, 15) is 0 Å². The highest BCUT2D eigenvalue weighted by molar-refractivity contribution is 5.28. The third-order valence-corrected chi connectivity index (χ3v) is 12.6. The predicted molar refractivity (Wildman–Crippen MR) is 158 cm³/mol. The van der Waals surface area contributed by atoms with Crippen molar-refractivity contribution < 1.29 is 4.74 Å². The van der Waals surface area contributed by atoms with Crippen LogP contribution in [0.15, 0.2) is 18.2 Å². The summed E-state index contributed by atoms with van der Waals surface area (Å²) in [5, 5.41) is 0. The van der Waals surface area contributed by atoms with Gasteiger partial charge in [0.1, 0.15) is 0 Å². The molecular weight excluding hydrogens is 448 g/mol. The molecule has 0 radical (unpaired) electrons. The molecule has 0 heterocycles. The fraction of sp³-hybridized carbons (Fsp3) is 0.833. The maximum atomic E-state index is 6.58. The van der Waals surface area contributed by atoms with Gasteiger partial charge in [0.05, 0.1) is 12.7 Å². The fourth-order valence-corrected chi connectivity index (χ4v) is 10.8. The number of benzene rings is 1. The summed E-state index contributed by atoms with van der Waals surface area (Å²) >= 11 is 0. The summed E-state index contributed by atoms with van der Waals surface area (Å²) in [5.41, 5.74) is 5.25. The maximum absolute atomic E-state index is 6.58. The largest absolute Gasteiger partial charge is 0.374 e. The predicted octanol–water partition coefficient (Wildman–Crippen LogP) is 10.3. The Morgan fingerprint density at radius 2 is 1.51 bits per heavy atom. The molecule has 0 spiro atoms. The van der Waals surface area contributed by atoms with Crippen LogP contribution < -0.4 is 0 Å². The summed E-state index contributed by atoms with van der Waals surface area (Å²) in [4.78, 5) is 0. The highest BCUT2D eigenvalue weighted by atomic mass is 16.5. The van der Waals surface area contributed by atoms with Gasteiger partial charge in [-0.05, 0) is 129 Å². The van der Waals surface area contributed by atoms with Crippen molar-refractivity contribution in [3.8, 4) is 0 Å². The monoisotopic (exact) mass is 506 g/mol. The first-order valence-electron chi connectivity index (χ1n) is 16.3. The Kier molecular flexibility index (Phi) is 8.23. The first-order valence-corrected chi connectivity index (χ1v) is 16.3. The van der Waals surface area contributed by atoms with Crippen LogP contribution in [0.4, 0.5) is 0 Å². The summed E-state index contributed by atoms with van der Waals surface area (Å²) < 4.78 is 6.58. The lowest BCUT2D eigenvalue weighted by atomic mass is 9.44. The van der Waals surface area contributed by atoms with E-state index in [4.69, 9.17) is 4.74 Å². The molecule has 0 N–H and O–H groups in total. The lowest BCUT2D eigenvalue weighted by molar-refractivity contribution is -0.138. The average molecular weight is 507 g/mol. The number of hydrogen-bond acceptors (Lipinski definition) is 1. The third-order valence-electron chi connectivity index (χ3n) is 12.6. The number of ether oxygens (including phenoxy) is 1. The molecule has 5 rings (SSSR count). The van der Waals surface area contributed by atoms with Gasteiger partial charge in [0.25, 0.3) is 0 Å². The van der Waals surface area contributed by atoms with E-state index in [1.165, 1.54) is 93.7 Å². The fourth-order valence-electron chi connectivity index (χ4n) is 10.8. The van der Waals surface area contributed by atoms with E-state index >= 15 is 0 Å². The second-order valence-corrected chi connectivity index (χ2v) is 15.4. The molecular formula is C36H58O. The van der Waals surface area contributed by atoms with Gasteiger partial charge in [0, 0.05) is 0 Å². The van der Waals surface area contributed by atoms with Gasteiger partial charge in [-0.3, -0.25) is 0 Å². The molecule has 4 aliphatic carbocycles. The molecule has 4 aliphatic rings. The zero-order valence-electron chi connectivity index (χ0n) is 25.5. The van der Waals surface area contributed by atoms with E-state index in [1.54, 1.807) is 0 Å². The molecule has 0 amide bonds. The van der Waals surface area contributed by atoms with Gasteiger partial charge in [-0.15, -0.1) is 0 Å². The Morgan fingerprint density at radius 1 is 0.811 bits per heavy atom. The van der Waals surface area contributed by atoms with Gasteiger partial charge in [-0.1, -0.05) is 83.2 Å². The molecule has 1 aromatic rings. The zero-order valence-corrected chi connectivity index (χ0v) is 25.5. The van der Waals surface area contributed by atoms with Crippen molar-refractivity contribution in [1.82, 2.24) is 0 Å². The van der Waals surface area contributed by atoms with Crippen molar-refractivity contribution in [3.63, 3.8) is 0 Å². The van der Waals surface area contributed by atoms with Crippen LogP contribution in [0.5, 0.6) is 0 Å². The summed E-state index contributed by atoms with van der Waals surface area (Å²) in [6, 6.07) is 6.89. The standard InChI is InChI=1S/C36H58O/c1-24(2)9-8-10-27(5)32-13-14-33-31-12-11-29-22-30(37-23-28-20-25(3)19-26(4)21-28)15-17-35(29,6)34(31)16-18-36(32,33)7/h19-21,24,27,29-34H,8-18,22-23H2,1-7H3. The Balaban J connectivity index is 1.20. The Labute approximate surface area is 229 Å². The Hall–Kier alpha value is -0.820. The summed E-state index contributed by atoms with van der Waals surface area (Å²) in [6.07, 6.45) is 17.8. The Bertz CT molecular complexity index is 897. The van der Waals surface area contributed by atoms with Crippen LogP contribution in [0.1, 0.15) is 128 Å². The van der Waals surface area contributed by atoms with Crippen molar-refractivity contribution in [2.45, 2.75) is 138 Å². The highest BCUT2D eigenvalue weighted by Crippen LogP contribution is 2.68. The second kappa shape index (κ2) is 11.0. The van der Waals surface area contributed by atoms with Crippen molar-refractivity contribution in [2.24, 2.45) is 52.3 Å². The minimum Gasteiger partial charge on any atom is -0.374 e. The minimum absolute atomic E-state index is 0.465. The van der Waals surface area contributed by atoms with Crippen molar-refractivity contribution in [2.75, 3.05) is 0 Å².